The fourth-order valence-electron chi connectivity index (χ4n) is 1.63. The molecular formula is C11H14N2O2. The van der Waals surface area contributed by atoms with E-state index in [1.54, 1.807) is 0 Å². The molecule has 0 atom stereocenters. The van der Waals surface area contributed by atoms with E-state index in [9.17, 15) is 4.79 Å². The molecule has 4 heteroatoms. The van der Waals surface area contributed by atoms with Crippen LogP contribution >= 0.6 is 0 Å². The van der Waals surface area contributed by atoms with Gasteiger partial charge in [-0.3, -0.25) is 4.79 Å². The molecule has 1 amide bonds. The van der Waals surface area contributed by atoms with Crippen molar-refractivity contribution in [2.75, 3.05) is 30.4 Å². The molecule has 0 spiro atoms. The van der Waals surface area contributed by atoms with Crippen LogP contribution in [0.1, 0.15) is 6.92 Å². The van der Waals surface area contributed by atoms with Gasteiger partial charge in [0.15, 0.2) is 0 Å². The number of nitrogens with one attached hydrogen (secondary N) is 1. The van der Waals surface area contributed by atoms with Gasteiger partial charge >= 0.3 is 0 Å². The molecule has 1 heterocycles. The molecule has 1 aromatic carbocycles. The van der Waals surface area contributed by atoms with E-state index >= 15 is 0 Å². The fraction of sp³-hybridized carbons (Fsp3) is 0.364. The van der Waals surface area contributed by atoms with Crippen LogP contribution < -0.4 is 15.0 Å². The molecule has 1 aromatic rings. The Bertz CT molecular complexity index is 390. The third-order valence-electron chi connectivity index (χ3n) is 2.37. The molecule has 1 aliphatic heterocycles. The Labute approximate surface area is 88.8 Å². The average Bonchev–Trinajstić information content (AvgIpc) is 2.18. The number of carbonyl (C=O) groups excluding carboxylic acids is 1. The van der Waals surface area contributed by atoms with Crippen molar-refractivity contribution < 1.29 is 9.53 Å². The van der Waals surface area contributed by atoms with E-state index in [1.807, 2.05) is 25.2 Å². The third-order valence-corrected chi connectivity index (χ3v) is 2.37. The average molecular weight is 206 g/mol. The van der Waals surface area contributed by atoms with E-state index in [-0.39, 0.29) is 5.91 Å². The predicted molar refractivity (Wildman–Crippen MR) is 59.5 cm³/mol. The standard InChI is InChI=1S/C11H14N2O2/c1-8(14)12-9-3-4-11-10(7-9)13(2)5-6-15-11/h3-4,7H,5-6H2,1-2H3,(H,12,14). The van der Waals surface area contributed by atoms with E-state index in [2.05, 4.69) is 10.2 Å². The first-order chi connectivity index (χ1) is 7.16. The third kappa shape index (κ3) is 2.03. The molecule has 1 N–H and O–H groups in total. The van der Waals surface area contributed by atoms with Crippen molar-refractivity contribution in [1.82, 2.24) is 0 Å². The first-order valence-electron chi connectivity index (χ1n) is 4.92. The van der Waals surface area contributed by atoms with Crippen molar-refractivity contribution in [3.8, 4) is 5.75 Å². The molecule has 0 radical (unpaired) electrons. The summed E-state index contributed by atoms with van der Waals surface area (Å²) in [7, 11) is 2.01. The molecular weight excluding hydrogens is 192 g/mol. The Morgan fingerprint density at radius 3 is 3.07 bits per heavy atom. The lowest BCUT2D eigenvalue weighted by Gasteiger charge is -2.28. The number of ether oxygens (including phenoxy) is 1. The normalized spacial score (nSPS) is 14.1. The second-order valence-corrected chi connectivity index (χ2v) is 3.63. The van der Waals surface area contributed by atoms with E-state index in [1.165, 1.54) is 6.92 Å². The first-order valence-corrected chi connectivity index (χ1v) is 4.92. The lowest BCUT2D eigenvalue weighted by Crippen LogP contribution is -2.28. The summed E-state index contributed by atoms with van der Waals surface area (Å²) in [6, 6.07) is 5.66. The molecule has 15 heavy (non-hydrogen) atoms. The molecule has 0 saturated carbocycles. The summed E-state index contributed by atoms with van der Waals surface area (Å²) in [5.74, 6) is 0.812. The number of rotatable bonds is 1. The van der Waals surface area contributed by atoms with Gasteiger partial charge in [0.05, 0.1) is 12.2 Å². The van der Waals surface area contributed by atoms with Gasteiger partial charge in [0, 0.05) is 19.7 Å². The second-order valence-electron chi connectivity index (χ2n) is 3.63. The van der Waals surface area contributed by atoms with Crippen molar-refractivity contribution in [2.45, 2.75) is 6.92 Å². The number of hydrogen-bond acceptors (Lipinski definition) is 3. The van der Waals surface area contributed by atoms with Gasteiger partial charge in [-0.15, -0.1) is 0 Å². The molecule has 0 aromatic heterocycles. The number of carbonyl (C=O) groups is 1. The maximum absolute atomic E-state index is 10.9. The minimum Gasteiger partial charge on any atom is -0.490 e. The SMILES string of the molecule is CC(=O)Nc1ccc2c(c1)N(C)CCO2. The molecule has 0 bridgehead atoms. The zero-order valence-electron chi connectivity index (χ0n) is 8.91. The summed E-state index contributed by atoms with van der Waals surface area (Å²) in [5, 5.41) is 2.75. The van der Waals surface area contributed by atoms with Crippen molar-refractivity contribution in [3.63, 3.8) is 0 Å². The summed E-state index contributed by atoms with van der Waals surface area (Å²) in [6.45, 7) is 3.08. The van der Waals surface area contributed by atoms with Crippen LogP contribution in [0.25, 0.3) is 0 Å². The van der Waals surface area contributed by atoms with E-state index in [0.717, 1.165) is 23.7 Å². The highest BCUT2D eigenvalue weighted by molar-refractivity contribution is 5.89. The van der Waals surface area contributed by atoms with Gasteiger partial charge < -0.3 is 15.0 Å². The molecule has 1 aliphatic rings. The van der Waals surface area contributed by atoms with Gasteiger partial charge in [-0.25, -0.2) is 0 Å². The number of nitrogens with zero attached hydrogens (tertiary/aromatic N) is 1. The summed E-state index contributed by atoms with van der Waals surface area (Å²) in [4.78, 5) is 13.0. The number of fused-ring (bicyclic) bond motifs is 1. The first kappa shape index (κ1) is 9.83. The largest absolute Gasteiger partial charge is 0.490 e. The van der Waals surface area contributed by atoms with Gasteiger partial charge in [-0.05, 0) is 18.2 Å². The number of benzene rings is 1. The van der Waals surface area contributed by atoms with Crippen LogP contribution in [0.4, 0.5) is 11.4 Å². The number of anilines is 2. The molecule has 0 fully saturated rings. The van der Waals surface area contributed by atoms with Crippen LogP contribution in [-0.4, -0.2) is 26.1 Å². The van der Waals surface area contributed by atoms with Crippen LogP contribution in [0.2, 0.25) is 0 Å². The molecule has 80 valence electrons. The number of amides is 1. The Morgan fingerprint density at radius 1 is 1.53 bits per heavy atom. The summed E-state index contributed by atoms with van der Waals surface area (Å²) < 4.78 is 5.50. The minimum atomic E-state index is -0.0608. The van der Waals surface area contributed by atoms with Crippen molar-refractivity contribution in [3.05, 3.63) is 18.2 Å². The number of likely N-dealkylation sites (N-methyl/N-ethyl adjacent to an activating group) is 1. The summed E-state index contributed by atoms with van der Waals surface area (Å²) >= 11 is 0. The lowest BCUT2D eigenvalue weighted by molar-refractivity contribution is -0.114. The molecule has 0 aliphatic carbocycles. The minimum absolute atomic E-state index is 0.0608. The predicted octanol–water partition coefficient (Wildman–Crippen LogP) is 1.47. The van der Waals surface area contributed by atoms with Crippen LogP contribution in [0.5, 0.6) is 5.75 Å². The van der Waals surface area contributed by atoms with Crippen LogP contribution in [0.3, 0.4) is 0 Å². The quantitative estimate of drug-likeness (QED) is 0.756. The highest BCUT2D eigenvalue weighted by Crippen LogP contribution is 2.32. The van der Waals surface area contributed by atoms with Crippen LogP contribution in [0, 0.1) is 0 Å². The zero-order valence-corrected chi connectivity index (χ0v) is 8.91. The zero-order chi connectivity index (χ0) is 10.8. The van der Waals surface area contributed by atoms with Crippen LogP contribution in [0.15, 0.2) is 18.2 Å². The topological polar surface area (TPSA) is 41.6 Å². The molecule has 2 rings (SSSR count). The highest BCUT2D eigenvalue weighted by Gasteiger charge is 2.14. The molecule has 0 saturated heterocycles. The van der Waals surface area contributed by atoms with Gasteiger partial charge in [0.2, 0.25) is 5.91 Å². The van der Waals surface area contributed by atoms with Gasteiger partial charge in [-0.1, -0.05) is 0 Å². The Kier molecular flexibility index (Phi) is 2.49. The maximum Gasteiger partial charge on any atom is 0.221 e. The van der Waals surface area contributed by atoms with Gasteiger partial charge in [-0.2, -0.15) is 0 Å². The Hall–Kier alpha value is -1.71. The smallest absolute Gasteiger partial charge is 0.221 e. The summed E-state index contributed by atoms with van der Waals surface area (Å²) in [6.07, 6.45) is 0. The van der Waals surface area contributed by atoms with Crippen molar-refractivity contribution in [1.29, 1.82) is 0 Å². The summed E-state index contributed by atoms with van der Waals surface area (Å²) in [5.41, 5.74) is 1.83. The van der Waals surface area contributed by atoms with Crippen molar-refractivity contribution >= 4 is 17.3 Å². The Morgan fingerprint density at radius 2 is 2.33 bits per heavy atom. The lowest BCUT2D eigenvalue weighted by atomic mass is 10.2. The Balaban J connectivity index is 2.31. The van der Waals surface area contributed by atoms with Crippen molar-refractivity contribution in [2.24, 2.45) is 0 Å². The highest BCUT2D eigenvalue weighted by atomic mass is 16.5. The second kappa shape index (κ2) is 3.81. The van der Waals surface area contributed by atoms with E-state index in [0.29, 0.717) is 6.61 Å². The van der Waals surface area contributed by atoms with Gasteiger partial charge in [0.25, 0.3) is 0 Å². The number of hydrogen-bond donors (Lipinski definition) is 1. The molecule has 4 nitrogen and oxygen atoms in total. The maximum atomic E-state index is 10.9. The molecule has 0 unspecified atom stereocenters. The fourth-order valence-corrected chi connectivity index (χ4v) is 1.63. The van der Waals surface area contributed by atoms with Crippen LogP contribution in [-0.2, 0) is 4.79 Å². The van der Waals surface area contributed by atoms with Gasteiger partial charge in [0.1, 0.15) is 12.4 Å². The monoisotopic (exact) mass is 206 g/mol. The van der Waals surface area contributed by atoms with E-state index in [4.69, 9.17) is 4.74 Å². The van der Waals surface area contributed by atoms with E-state index < -0.39 is 0 Å².